The van der Waals surface area contributed by atoms with E-state index in [-0.39, 0.29) is 18.1 Å². The second kappa shape index (κ2) is 9.40. The molecule has 2 heterocycles. The average Bonchev–Trinajstić information content (AvgIpc) is 3.15. The lowest BCUT2D eigenvalue weighted by molar-refractivity contribution is 0.0948. The first-order chi connectivity index (χ1) is 14.6. The van der Waals surface area contributed by atoms with Gasteiger partial charge in [-0.3, -0.25) is 9.78 Å². The third kappa shape index (κ3) is 4.88. The Hall–Kier alpha value is -2.71. The monoisotopic (exact) mass is 426 g/mol. The summed E-state index contributed by atoms with van der Waals surface area (Å²) in [7, 11) is 0. The predicted octanol–water partition coefficient (Wildman–Crippen LogP) is 4.34. The average molecular weight is 427 g/mol. The maximum Gasteiger partial charge on any atom is 0.270 e. The van der Waals surface area contributed by atoms with E-state index in [1.54, 1.807) is 29.7 Å². The molecule has 30 heavy (non-hydrogen) atoms. The zero-order valence-corrected chi connectivity index (χ0v) is 17.7. The van der Waals surface area contributed by atoms with E-state index in [9.17, 15) is 9.90 Å². The van der Waals surface area contributed by atoms with Crippen LogP contribution in [0.15, 0.2) is 36.5 Å². The van der Waals surface area contributed by atoms with Gasteiger partial charge in [-0.1, -0.05) is 31.1 Å². The standard InChI is InChI=1S/C22H26N4O3S/c1-2-10-24-21(28)18-12-15(9-11-23-18)29-14-7-8-17-20(13-14)30-22(26-17)25-16-5-3-4-6-19(16)27/h7-9,11-13,16,19,27H,2-6,10H2,1H3,(H,24,28)(H,25,26)/t16-,19-/m1/s1. The van der Waals surface area contributed by atoms with Crippen molar-refractivity contribution in [3.63, 3.8) is 0 Å². The zero-order valence-electron chi connectivity index (χ0n) is 16.9. The number of nitrogens with zero attached hydrogens (tertiary/aromatic N) is 2. The van der Waals surface area contributed by atoms with E-state index in [4.69, 9.17) is 4.74 Å². The number of nitrogens with one attached hydrogen (secondary N) is 2. The molecule has 0 saturated heterocycles. The molecule has 1 amide bonds. The number of aliphatic hydroxyl groups is 1. The van der Waals surface area contributed by atoms with Crippen molar-refractivity contribution in [3.05, 3.63) is 42.2 Å². The molecule has 3 aromatic rings. The molecule has 1 aliphatic rings. The molecule has 1 aromatic carbocycles. The van der Waals surface area contributed by atoms with Crippen LogP contribution in [0.25, 0.3) is 10.2 Å². The number of aliphatic hydroxyl groups excluding tert-OH is 1. The number of carbonyl (C=O) groups is 1. The minimum atomic E-state index is -0.319. The molecule has 0 unspecified atom stereocenters. The fraction of sp³-hybridized carbons (Fsp3) is 0.409. The lowest BCUT2D eigenvalue weighted by Crippen LogP contribution is -2.36. The van der Waals surface area contributed by atoms with Crippen LogP contribution < -0.4 is 15.4 Å². The molecule has 3 N–H and O–H groups in total. The minimum absolute atomic E-state index is 0.0594. The van der Waals surface area contributed by atoms with Gasteiger partial charge in [-0.05, 0) is 37.5 Å². The van der Waals surface area contributed by atoms with Crippen molar-refractivity contribution >= 4 is 32.6 Å². The van der Waals surface area contributed by atoms with E-state index in [2.05, 4.69) is 20.6 Å². The SMILES string of the molecule is CCCNC(=O)c1cc(Oc2ccc3nc(N[C@@H]4CCCC[C@H]4O)sc3c2)ccn1. The van der Waals surface area contributed by atoms with Crippen LogP contribution in [-0.4, -0.2) is 39.7 Å². The molecule has 2 atom stereocenters. The number of thiazole rings is 1. The summed E-state index contributed by atoms with van der Waals surface area (Å²) in [6.45, 7) is 2.61. The number of hydrogen-bond acceptors (Lipinski definition) is 7. The summed E-state index contributed by atoms with van der Waals surface area (Å²) < 4.78 is 6.95. The Bertz CT molecular complexity index is 1020. The smallest absolute Gasteiger partial charge is 0.270 e. The van der Waals surface area contributed by atoms with Crippen molar-refractivity contribution in [2.75, 3.05) is 11.9 Å². The summed E-state index contributed by atoms with van der Waals surface area (Å²) >= 11 is 1.55. The van der Waals surface area contributed by atoms with Gasteiger partial charge in [0.2, 0.25) is 0 Å². The number of rotatable bonds is 7. The third-order valence-corrected chi connectivity index (χ3v) is 6.08. The Kier molecular flexibility index (Phi) is 6.44. The van der Waals surface area contributed by atoms with Crippen LogP contribution in [0.1, 0.15) is 49.5 Å². The molecule has 0 radical (unpaired) electrons. The first kappa shape index (κ1) is 20.6. The summed E-state index contributed by atoms with van der Waals surface area (Å²) in [6.07, 6.45) is 6.12. The Morgan fingerprint density at radius 1 is 1.23 bits per heavy atom. The van der Waals surface area contributed by atoms with Crippen LogP contribution in [0.2, 0.25) is 0 Å². The maximum absolute atomic E-state index is 12.1. The number of anilines is 1. The molecule has 1 aliphatic carbocycles. The fourth-order valence-corrected chi connectivity index (χ4v) is 4.49. The minimum Gasteiger partial charge on any atom is -0.457 e. The summed E-state index contributed by atoms with van der Waals surface area (Å²) in [5, 5.41) is 17.2. The van der Waals surface area contributed by atoms with Gasteiger partial charge < -0.3 is 20.5 Å². The Morgan fingerprint density at radius 2 is 2.07 bits per heavy atom. The molecular weight excluding hydrogens is 400 g/mol. The molecule has 7 nitrogen and oxygen atoms in total. The van der Waals surface area contributed by atoms with Crippen molar-refractivity contribution in [2.45, 2.75) is 51.2 Å². The number of carbonyl (C=O) groups excluding carboxylic acids is 1. The van der Waals surface area contributed by atoms with Gasteiger partial charge in [0.25, 0.3) is 5.91 Å². The van der Waals surface area contributed by atoms with E-state index < -0.39 is 0 Å². The number of amides is 1. The molecule has 4 rings (SSSR count). The van der Waals surface area contributed by atoms with Crippen LogP contribution in [0.3, 0.4) is 0 Å². The predicted molar refractivity (Wildman–Crippen MR) is 118 cm³/mol. The molecule has 0 spiro atoms. The maximum atomic E-state index is 12.1. The number of fused-ring (bicyclic) bond motifs is 1. The Morgan fingerprint density at radius 3 is 2.90 bits per heavy atom. The second-order valence-corrected chi connectivity index (χ2v) is 8.52. The van der Waals surface area contributed by atoms with Gasteiger partial charge in [0.1, 0.15) is 17.2 Å². The highest BCUT2D eigenvalue weighted by Crippen LogP contribution is 2.33. The molecule has 1 fully saturated rings. The largest absolute Gasteiger partial charge is 0.457 e. The van der Waals surface area contributed by atoms with Gasteiger partial charge in [0.15, 0.2) is 5.13 Å². The van der Waals surface area contributed by atoms with Crippen LogP contribution in [0, 0.1) is 0 Å². The Labute approximate surface area is 179 Å². The van der Waals surface area contributed by atoms with E-state index in [1.165, 1.54) is 0 Å². The van der Waals surface area contributed by atoms with Crippen molar-refractivity contribution in [3.8, 4) is 11.5 Å². The molecule has 2 aromatic heterocycles. The van der Waals surface area contributed by atoms with Gasteiger partial charge in [-0.2, -0.15) is 0 Å². The van der Waals surface area contributed by atoms with Crippen molar-refractivity contribution in [2.24, 2.45) is 0 Å². The summed E-state index contributed by atoms with van der Waals surface area (Å²) in [4.78, 5) is 20.9. The number of benzene rings is 1. The highest BCUT2D eigenvalue weighted by Gasteiger charge is 2.23. The summed E-state index contributed by atoms with van der Waals surface area (Å²) in [5.41, 5.74) is 1.21. The first-order valence-corrected chi connectivity index (χ1v) is 11.2. The Balaban J connectivity index is 1.47. The van der Waals surface area contributed by atoms with E-state index in [1.807, 2.05) is 25.1 Å². The quantitative estimate of drug-likeness (QED) is 0.520. The third-order valence-electron chi connectivity index (χ3n) is 5.13. The van der Waals surface area contributed by atoms with Crippen LogP contribution in [-0.2, 0) is 0 Å². The summed E-state index contributed by atoms with van der Waals surface area (Å²) in [5.74, 6) is 1.02. The van der Waals surface area contributed by atoms with Crippen molar-refractivity contribution in [1.82, 2.24) is 15.3 Å². The number of hydrogen-bond donors (Lipinski definition) is 3. The van der Waals surface area contributed by atoms with E-state index in [0.29, 0.717) is 23.7 Å². The highest BCUT2D eigenvalue weighted by atomic mass is 32.1. The topological polar surface area (TPSA) is 96.4 Å². The van der Waals surface area contributed by atoms with Gasteiger partial charge in [-0.25, -0.2) is 4.98 Å². The molecule has 0 bridgehead atoms. The van der Waals surface area contributed by atoms with Crippen molar-refractivity contribution in [1.29, 1.82) is 0 Å². The normalized spacial score (nSPS) is 18.9. The molecule has 8 heteroatoms. The molecule has 0 aliphatic heterocycles. The van der Waals surface area contributed by atoms with Gasteiger partial charge in [0, 0.05) is 24.9 Å². The lowest BCUT2D eigenvalue weighted by Gasteiger charge is -2.27. The van der Waals surface area contributed by atoms with Gasteiger partial charge in [0.05, 0.1) is 22.4 Å². The zero-order chi connectivity index (χ0) is 20.9. The number of pyridine rings is 1. The van der Waals surface area contributed by atoms with E-state index in [0.717, 1.165) is 47.5 Å². The van der Waals surface area contributed by atoms with Gasteiger partial charge in [-0.15, -0.1) is 0 Å². The van der Waals surface area contributed by atoms with E-state index >= 15 is 0 Å². The van der Waals surface area contributed by atoms with Crippen LogP contribution >= 0.6 is 11.3 Å². The molecular formula is C22H26N4O3S. The van der Waals surface area contributed by atoms with Gasteiger partial charge >= 0.3 is 0 Å². The number of ether oxygens (including phenoxy) is 1. The molecule has 1 saturated carbocycles. The van der Waals surface area contributed by atoms with Crippen LogP contribution in [0.5, 0.6) is 11.5 Å². The molecule has 158 valence electrons. The lowest BCUT2D eigenvalue weighted by atomic mass is 9.93. The first-order valence-electron chi connectivity index (χ1n) is 10.4. The van der Waals surface area contributed by atoms with Crippen LogP contribution in [0.4, 0.5) is 5.13 Å². The number of aromatic nitrogens is 2. The van der Waals surface area contributed by atoms with Crippen molar-refractivity contribution < 1.29 is 14.6 Å². The second-order valence-electron chi connectivity index (χ2n) is 7.49. The highest BCUT2D eigenvalue weighted by molar-refractivity contribution is 7.22. The summed E-state index contributed by atoms with van der Waals surface area (Å²) in [6, 6.07) is 9.14. The fourth-order valence-electron chi connectivity index (χ4n) is 3.53.